The Hall–Kier alpha value is -1.88. The maximum Gasteiger partial charge on any atom is 0.223 e. The summed E-state index contributed by atoms with van der Waals surface area (Å²) < 4.78 is 14.6. The molecule has 2 aliphatic heterocycles. The van der Waals surface area contributed by atoms with Crippen LogP contribution in [0.15, 0.2) is 18.3 Å². The van der Waals surface area contributed by atoms with Gasteiger partial charge in [0.15, 0.2) is 0 Å². The van der Waals surface area contributed by atoms with Crippen LogP contribution in [-0.4, -0.2) is 38.6 Å². The summed E-state index contributed by atoms with van der Waals surface area (Å²) in [5.41, 5.74) is 2.31. The first-order valence-electron chi connectivity index (χ1n) is 10.7. The fourth-order valence-electron chi connectivity index (χ4n) is 5.65. The molecule has 6 rings (SSSR count). The Morgan fingerprint density at radius 3 is 2.79 bits per heavy atom. The third-order valence-corrected chi connectivity index (χ3v) is 7.25. The summed E-state index contributed by atoms with van der Waals surface area (Å²) in [6.45, 7) is 4.16. The Bertz CT molecular complexity index is 926. The molecule has 0 radical (unpaired) electrons. The number of aliphatic hydroxyl groups is 1. The second-order valence-corrected chi connectivity index (χ2v) is 9.36. The van der Waals surface area contributed by atoms with E-state index in [0.29, 0.717) is 31.6 Å². The molecule has 4 fully saturated rings. The van der Waals surface area contributed by atoms with Crippen LogP contribution in [0, 0.1) is 5.82 Å². The van der Waals surface area contributed by atoms with Crippen LogP contribution in [0.5, 0.6) is 0 Å². The number of hydrogen-bond donors (Lipinski definition) is 2. The van der Waals surface area contributed by atoms with Gasteiger partial charge in [-0.15, -0.1) is 0 Å². The van der Waals surface area contributed by atoms with Gasteiger partial charge in [0.25, 0.3) is 0 Å². The van der Waals surface area contributed by atoms with Crippen molar-refractivity contribution in [2.75, 3.05) is 0 Å². The lowest BCUT2D eigenvalue weighted by Crippen LogP contribution is -2.67. The van der Waals surface area contributed by atoms with E-state index in [1.807, 2.05) is 17.2 Å². The molecule has 2 unspecified atom stereocenters. The van der Waals surface area contributed by atoms with Crippen LogP contribution in [0.25, 0.3) is 10.9 Å². The van der Waals surface area contributed by atoms with Crippen molar-refractivity contribution < 1.29 is 14.3 Å². The minimum Gasteiger partial charge on any atom is -0.390 e. The van der Waals surface area contributed by atoms with Gasteiger partial charge in [-0.2, -0.15) is 0 Å². The number of nitrogens with one attached hydrogen (secondary N) is 1. The van der Waals surface area contributed by atoms with Crippen LogP contribution in [0.3, 0.4) is 0 Å². The molecule has 2 bridgehead atoms. The van der Waals surface area contributed by atoms with Crippen molar-refractivity contribution in [3.05, 3.63) is 35.3 Å². The topological polar surface area (TPSA) is 56.3 Å². The molecule has 0 spiro atoms. The van der Waals surface area contributed by atoms with Gasteiger partial charge in [0.1, 0.15) is 5.82 Å². The number of nitrogens with zero attached hydrogens (tertiary/aromatic N) is 1. The highest BCUT2D eigenvalue weighted by molar-refractivity contribution is 5.89. The molecule has 1 aromatic carbocycles. The fraction of sp³-hybridized carbons (Fsp3) is 0.609. The molecule has 4 aliphatic rings. The van der Waals surface area contributed by atoms with Crippen molar-refractivity contribution >= 4 is 16.8 Å². The van der Waals surface area contributed by atoms with Crippen LogP contribution in [0.4, 0.5) is 4.39 Å². The van der Waals surface area contributed by atoms with E-state index in [1.165, 1.54) is 0 Å². The molecule has 4 nitrogen and oxygen atoms in total. The molecule has 5 heteroatoms. The van der Waals surface area contributed by atoms with Crippen molar-refractivity contribution in [1.82, 2.24) is 9.88 Å². The predicted molar refractivity (Wildman–Crippen MR) is 107 cm³/mol. The lowest BCUT2D eigenvalue weighted by molar-refractivity contribution is -0.178. The van der Waals surface area contributed by atoms with E-state index in [4.69, 9.17) is 0 Å². The molecule has 150 valence electrons. The summed E-state index contributed by atoms with van der Waals surface area (Å²) in [4.78, 5) is 18.5. The van der Waals surface area contributed by atoms with Gasteiger partial charge in [-0.25, -0.2) is 4.39 Å². The number of piperidine rings is 2. The summed E-state index contributed by atoms with van der Waals surface area (Å²) >= 11 is 0. The number of aromatic nitrogens is 1. The van der Waals surface area contributed by atoms with Gasteiger partial charge in [-0.1, -0.05) is 13.8 Å². The molecule has 3 heterocycles. The molecule has 2 saturated carbocycles. The number of aromatic amines is 1. The zero-order valence-electron chi connectivity index (χ0n) is 16.7. The first-order valence-corrected chi connectivity index (χ1v) is 10.7. The average molecular weight is 384 g/mol. The largest absolute Gasteiger partial charge is 0.390 e. The van der Waals surface area contributed by atoms with Crippen LogP contribution >= 0.6 is 0 Å². The third kappa shape index (κ3) is 2.78. The number of H-pyrrole nitrogens is 1. The maximum atomic E-state index is 14.6. The number of halogens is 1. The Balaban J connectivity index is 1.41. The van der Waals surface area contributed by atoms with Crippen molar-refractivity contribution in [1.29, 1.82) is 0 Å². The highest BCUT2D eigenvalue weighted by Crippen LogP contribution is 2.48. The third-order valence-electron chi connectivity index (χ3n) is 7.25. The lowest BCUT2D eigenvalue weighted by atomic mass is 9.66. The van der Waals surface area contributed by atoms with E-state index in [1.54, 1.807) is 6.07 Å². The Morgan fingerprint density at radius 1 is 1.36 bits per heavy atom. The minimum atomic E-state index is -0.540. The van der Waals surface area contributed by atoms with Crippen LogP contribution in [0.2, 0.25) is 0 Å². The number of hydrogen-bond acceptors (Lipinski definition) is 2. The van der Waals surface area contributed by atoms with E-state index in [9.17, 15) is 14.3 Å². The molecular formula is C23H29FN2O2. The molecule has 2 atom stereocenters. The number of carbonyl (C=O) groups excluding carboxylic acids is 1. The molecule has 2 aliphatic carbocycles. The van der Waals surface area contributed by atoms with Crippen molar-refractivity contribution in [2.45, 2.75) is 88.3 Å². The van der Waals surface area contributed by atoms with Gasteiger partial charge in [-0.05, 0) is 68.1 Å². The lowest BCUT2D eigenvalue weighted by Gasteiger charge is -2.58. The van der Waals surface area contributed by atoms with Crippen LogP contribution in [-0.2, 0) is 4.79 Å². The highest BCUT2D eigenvalue weighted by Gasteiger charge is 2.54. The highest BCUT2D eigenvalue weighted by atomic mass is 19.1. The van der Waals surface area contributed by atoms with E-state index < -0.39 is 5.60 Å². The summed E-state index contributed by atoms with van der Waals surface area (Å²) in [5, 5.41) is 11.4. The molecule has 2 N–H and O–H groups in total. The number of benzene rings is 1. The maximum absolute atomic E-state index is 14.6. The van der Waals surface area contributed by atoms with Crippen LogP contribution in [0.1, 0.15) is 81.8 Å². The van der Waals surface area contributed by atoms with Crippen LogP contribution < -0.4 is 0 Å². The Morgan fingerprint density at radius 2 is 2.11 bits per heavy atom. The molecule has 28 heavy (non-hydrogen) atoms. The first kappa shape index (κ1) is 18.2. The number of fused-ring (bicyclic) bond motifs is 3. The Kier molecular flexibility index (Phi) is 4.10. The zero-order chi connectivity index (χ0) is 19.6. The molecule has 2 saturated heterocycles. The van der Waals surface area contributed by atoms with Crippen molar-refractivity contribution in [2.24, 2.45) is 0 Å². The molecule has 1 aromatic heterocycles. The number of rotatable bonds is 5. The van der Waals surface area contributed by atoms with Gasteiger partial charge >= 0.3 is 0 Å². The molecular weight excluding hydrogens is 355 g/mol. The summed E-state index contributed by atoms with van der Waals surface area (Å²) in [6.07, 6.45) is 7.49. The van der Waals surface area contributed by atoms with E-state index in [2.05, 4.69) is 18.8 Å². The zero-order valence-corrected chi connectivity index (χ0v) is 16.7. The first-order chi connectivity index (χ1) is 13.4. The number of carbonyl (C=O) groups is 1. The second-order valence-electron chi connectivity index (χ2n) is 9.36. The SMILES string of the molecule is CCC1CC2(O)CC(C2)N1C(=O)CC(C)c1c[nH]c2ccc(F)c(C3CC3)c12. The van der Waals surface area contributed by atoms with Gasteiger partial charge in [0.05, 0.1) is 5.60 Å². The standard InChI is InChI=1S/C23H29FN2O2/c1-3-15-9-23(28)10-16(11-23)26(15)20(27)8-13(2)17-12-25-19-7-6-18(24)21(22(17)19)14-4-5-14/h6-7,12-16,25,28H,3-5,8-11H2,1-2H3. The summed E-state index contributed by atoms with van der Waals surface area (Å²) in [6, 6.07) is 3.69. The summed E-state index contributed by atoms with van der Waals surface area (Å²) in [7, 11) is 0. The van der Waals surface area contributed by atoms with E-state index in [-0.39, 0.29) is 29.7 Å². The quantitative estimate of drug-likeness (QED) is 0.793. The van der Waals surface area contributed by atoms with Gasteiger partial charge in [-0.3, -0.25) is 4.79 Å². The average Bonchev–Trinajstić information content (AvgIpc) is 3.38. The minimum absolute atomic E-state index is 0.0268. The van der Waals surface area contributed by atoms with E-state index >= 15 is 0 Å². The predicted octanol–water partition coefficient (Wildman–Crippen LogP) is 4.58. The van der Waals surface area contributed by atoms with Crippen molar-refractivity contribution in [3.63, 3.8) is 0 Å². The molecule has 2 aromatic rings. The molecule has 1 amide bonds. The Labute approximate surface area is 165 Å². The van der Waals surface area contributed by atoms with Crippen molar-refractivity contribution in [3.8, 4) is 0 Å². The smallest absolute Gasteiger partial charge is 0.223 e. The fourth-order valence-corrected chi connectivity index (χ4v) is 5.65. The normalized spacial score (nSPS) is 30.4. The van der Waals surface area contributed by atoms with Gasteiger partial charge < -0.3 is 15.0 Å². The van der Waals surface area contributed by atoms with Gasteiger partial charge in [0.2, 0.25) is 5.91 Å². The number of amides is 1. The second kappa shape index (κ2) is 6.31. The van der Waals surface area contributed by atoms with E-state index in [0.717, 1.165) is 41.3 Å². The summed E-state index contributed by atoms with van der Waals surface area (Å²) in [5.74, 6) is 0.398. The van der Waals surface area contributed by atoms with Gasteiger partial charge in [0, 0.05) is 41.2 Å². The monoisotopic (exact) mass is 384 g/mol.